The Kier molecular flexibility index (Phi) is 6.26. The Hall–Kier alpha value is -0.820. The average molecular weight is 391 g/mol. The monoisotopic (exact) mass is 391 g/mol. The number of hydrogen-bond donors (Lipinski definition) is 1. The highest BCUT2D eigenvalue weighted by Crippen LogP contribution is 2.38. The van der Waals surface area contributed by atoms with Gasteiger partial charge in [0, 0.05) is 22.3 Å². The van der Waals surface area contributed by atoms with E-state index in [4.69, 9.17) is 4.74 Å². The van der Waals surface area contributed by atoms with Crippen LogP contribution in [-0.2, 0) is 10.5 Å². The fraction of sp³-hybridized carbons (Fsp3) is 0.533. The van der Waals surface area contributed by atoms with Gasteiger partial charge in [-0.15, -0.1) is 0 Å². The lowest BCUT2D eigenvalue weighted by molar-refractivity contribution is -0.145. The molecule has 0 spiro atoms. The van der Waals surface area contributed by atoms with Gasteiger partial charge < -0.3 is 9.84 Å². The number of halogens is 1. The van der Waals surface area contributed by atoms with Crippen molar-refractivity contribution in [2.24, 2.45) is 0 Å². The lowest BCUT2D eigenvalue weighted by Gasteiger charge is -2.44. The maximum absolute atomic E-state index is 11.7. The number of carboxylic acid groups (broad SMARTS) is 1. The van der Waals surface area contributed by atoms with Gasteiger partial charge in [-0.2, -0.15) is 0 Å². The van der Waals surface area contributed by atoms with E-state index in [1.165, 1.54) is 4.90 Å². The predicted molar refractivity (Wildman–Crippen MR) is 87.8 cm³/mol. The van der Waals surface area contributed by atoms with Crippen LogP contribution in [0.5, 0.6) is 0 Å². The summed E-state index contributed by atoms with van der Waals surface area (Å²) in [4.78, 5) is 13.2. The summed E-state index contributed by atoms with van der Waals surface area (Å²) in [6.45, 7) is 5.77. The zero-order valence-corrected chi connectivity index (χ0v) is 14.5. The fourth-order valence-corrected chi connectivity index (χ4v) is 3.41. The molecule has 0 bridgehead atoms. The van der Waals surface area contributed by atoms with Crippen LogP contribution in [0.4, 0.5) is 4.79 Å². The highest BCUT2D eigenvalue weighted by molar-refractivity contribution is 14.1. The van der Waals surface area contributed by atoms with Gasteiger partial charge >= 0.3 is 6.09 Å². The van der Waals surface area contributed by atoms with E-state index in [9.17, 15) is 9.90 Å². The summed E-state index contributed by atoms with van der Waals surface area (Å²) in [7, 11) is 1.58. The molecule has 1 aromatic carbocycles. The van der Waals surface area contributed by atoms with Gasteiger partial charge in [-0.25, -0.2) is 4.79 Å². The van der Waals surface area contributed by atoms with Crippen molar-refractivity contribution < 1.29 is 14.6 Å². The number of ether oxygens (including phenoxy) is 1. The van der Waals surface area contributed by atoms with E-state index in [2.05, 4.69) is 22.6 Å². The molecule has 5 heteroatoms. The number of methoxy groups -OCH3 is 1. The summed E-state index contributed by atoms with van der Waals surface area (Å²) in [6.07, 6.45) is 0.485. The maximum atomic E-state index is 11.7. The van der Waals surface area contributed by atoms with Gasteiger partial charge in [0.25, 0.3) is 0 Å². The molecule has 1 atom stereocenters. The van der Waals surface area contributed by atoms with Gasteiger partial charge in [-0.1, -0.05) is 31.5 Å². The summed E-state index contributed by atoms with van der Waals surface area (Å²) < 4.78 is 6.78. The predicted octanol–water partition coefficient (Wildman–Crippen LogP) is 4.28. The number of nitrogens with zero attached hydrogens (tertiary/aromatic N) is 1. The zero-order chi connectivity index (χ0) is 15.3. The molecule has 1 amide bonds. The second kappa shape index (κ2) is 7.26. The number of rotatable bonds is 6. The molecule has 0 saturated carbocycles. The molecule has 20 heavy (non-hydrogen) atoms. The lowest BCUT2D eigenvalue weighted by Crippen LogP contribution is -2.54. The third-order valence-corrected chi connectivity index (χ3v) is 4.27. The topological polar surface area (TPSA) is 49.8 Å². The molecular weight excluding hydrogens is 369 g/mol. The molecule has 4 nitrogen and oxygen atoms in total. The van der Waals surface area contributed by atoms with Crippen LogP contribution in [-0.4, -0.2) is 29.3 Å². The Labute approximate surface area is 134 Å². The highest BCUT2D eigenvalue weighted by Gasteiger charge is 2.43. The van der Waals surface area contributed by atoms with Crippen LogP contribution in [0.2, 0.25) is 0 Å². The second-order valence-corrected chi connectivity index (χ2v) is 6.13. The molecule has 0 aliphatic heterocycles. The first-order chi connectivity index (χ1) is 9.40. The minimum absolute atomic E-state index is 0.171. The summed E-state index contributed by atoms with van der Waals surface area (Å²) in [5.74, 6) is 0. The van der Waals surface area contributed by atoms with Gasteiger partial charge in [0.15, 0.2) is 5.72 Å². The van der Waals surface area contributed by atoms with Crippen molar-refractivity contribution in [1.82, 2.24) is 4.90 Å². The Morgan fingerprint density at radius 2 is 2.05 bits per heavy atom. The van der Waals surface area contributed by atoms with Crippen molar-refractivity contribution >= 4 is 28.7 Å². The molecule has 1 N–H and O–H groups in total. The van der Waals surface area contributed by atoms with Crippen molar-refractivity contribution in [2.45, 2.75) is 45.4 Å². The van der Waals surface area contributed by atoms with E-state index in [1.54, 1.807) is 7.11 Å². The Morgan fingerprint density at radius 1 is 1.45 bits per heavy atom. The van der Waals surface area contributed by atoms with Crippen LogP contribution in [0.25, 0.3) is 0 Å². The first-order valence-corrected chi connectivity index (χ1v) is 7.81. The minimum Gasteiger partial charge on any atom is -0.465 e. The van der Waals surface area contributed by atoms with E-state index >= 15 is 0 Å². The second-order valence-electron chi connectivity index (χ2n) is 4.96. The molecule has 0 heterocycles. The van der Waals surface area contributed by atoms with Crippen LogP contribution in [0.1, 0.15) is 39.2 Å². The smallest absolute Gasteiger partial charge is 0.410 e. The number of carbonyl (C=O) groups is 1. The largest absolute Gasteiger partial charge is 0.465 e. The van der Waals surface area contributed by atoms with Gasteiger partial charge in [-0.05, 0) is 48.9 Å². The standard InChI is InChI=1S/C15H22INO3/c1-5-10-15(20-4,17(11(2)3)14(18)19)12-8-6-7-9-13(12)16/h6-9,11H,5,10H2,1-4H3,(H,18,19)/t15-/m0/s1. The van der Waals surface area contributed by atoms with E-state index in [1.807, 2.05) is 45.0 Å². The Balaban J connectivity index is 3.49. The van der Waals surface area contributed by atoms with Gasteiger partial charge in [0.1, 0.15) is 0 Å². The van der Waals surface area contributed by atoms with Crippen molar-refractivity contribution in [3.8, 4) is 0 Å². The molecule has 1 aromatic rings. The third-order valence-electron chi connectivity index (χ3n) is 3.33. The molecule has 0 radical (unpaired) electrons. The van der Waals surface area contributed by atoms with Gasteiger partial charge in [0.05, 0.1) is 0 Å². The molecule has 0 aromatic heterocycles. The van der Waals surface area contributed by atoms with Crippen LogP contribution >= 0.6 is 22.6 Å². The normalized spacial score (nSPS) is 14.1. The summed E-state index contributed by atoms with van der Waals surface area (Å²) in [5, 5.41) is 9.63. The molecule has 0 saturated heterocycles. The summed E-state index contributed by atoms with van der Waals surface area (Å²) in [5.41, 5.74) is -0.0342. The molecular formula is C15H22INO3. The van der Waals surface area contributed by atoms with Gasteiger partial charge in [0.2, 0.25) is 0 Å². The zero-order valence-electron chi connectivity index (χ0n) is 12.4. The van der Waals surface area contributed by atoms with Crippen molar-refractivity contribution in [3.05, 3.63) is 33.4 Å². The van der Waals surface area contributed by atoms with Crippen LogP contribution in [0.3, 0.4) is 0 Å². The van der Waals surface area contributed by atoms with E-state index < -0.39 is 11.8 Å². The van der Waals surface area contributed by atoms with Crippen molar-refractivity contribution in [1.29, 1.82) is 0 Å². The molecule has 0 aliphatic rings. The first-order valence-electron chi connectivity index (χ1n) is 6.73. The molecule has 1 rings (SSSR count). The van der Waals surface area contributed by atoms with Crippen molar-refractivity contribution in [2.75, 3.05) is 7.11 Å². The highest BCUT2D eigenvalue weighted by atomic mass is 127. The quantitative estimate of drug-likeness (QED) is 0.582. The Bertz CT molecular complexity index is 464. The third kappa shape index (κ3) is 3.25. The lowest BCUT2D eigenvalue weighted by atomic mass is 9.94. The number of benzene rings is 1. The Morgan fingerprint density at radius 3 is 2.45 bits per heavy atom. The first kappa shape index (κ1) is 17.2. The SMILES string of the molecule is CCC[C@](OC)(c1ccccc1I)N(C(=O)O)C(C)C. The minimum atomic E-state index is -0.963. The van der Waals surface area contributed by atoms with E-state index in [0.29, 0.717) is 6.42 Å². The molecule has 0 unspecified atom stereocenters. The average Bonchev–Trinajstić information content (AvgIpc) is 2.37. The van der Waals surface area contributed by atoms with Crippen LogP contribution < -0.4 is 0 Å². The van der Waals surface area contributed by atoms with Crippen LogP contribution in [0, 0.1) is 3.57 Å². The maximum Gasteiger partial charge on any atom is 0.410 e. The van der Waals surface area contributed by atoms with Crippen LogP contribution in [0.15, 0.2) is 24.3 Å². The fourth-order valence-electron chi connectivity index (χ4n) is 2.60. The molecule has 0 aliphatic carbocycles. The summed E-state index contributed by atoms with van der Waals surface area (Å²) in [6, 6.07) is 7.60. The number of amides is 1. The number of hydrogen-bond acceptors (Lipinski definition) is 2. The van der Waals surface area contributed by atoms with Gasteiger partial charge in [-0.3, -0.25) is 4.90 Å². The van der Waals surface area contributed by atoms with Crippen molar-refractivity contribution in [3.63, 3.8) is 0 Å². The molecule has 112 valence electrons. The van der Waals surface area contributed by atoms with E-state index in [-0.39, 0.29) is 6.04 Å². The van der Waals surface area contributed by atoms with E-state index in [0.717, 1.165) is 15.6 Å². The molecule has 0 fully saturated rings. The summed E-state index contributed by atoms with van der Waals surface area (Å²) >= 11 is 2.23.